The van der Waals surface area contributed by atoms with Gasteiger partial charge in [-0.25, -0.2) is 0 Å². The van der Waals surface area contributed by atoms with Crippen molar-refractivity contribution >= 4 is 33.6 Å². The lowest BCUT2D eigenvalue weighted by Gasteiger charge is -2.09. The number of aromatic nitrogens is 2. The van der Waals surface area contributed by atoms with Crippen LogP contribution in [-0.2, 0) is 0 Å². The highest BCUT2D eigenvalue weighted by Gasteiger charge is 2.12. The third-order valence-corrected chi connectivity index (χ3v) is 6.79. The maximum atomic E-state index is 10.5. The number of benzene rings is 4. The first kappa shape index (κ1) is 19.6. The second-order valence-electron chi connectivity index (χ2n) is 8.00. The molecule has 0 radical (unpaired) electrons. The van der Waals surface area contributed by atoms with Gasteiger partial charge >= 0.3 is 0 Å². The highest BCUT2D eigenvalue weighted by molar-refractivity contribution is 7.99. The predicted molar refractivity (Wildman–Crippen MR) is 135 cm³/mol. The summed E-state index contributed by atoms with van der Waals surface area (Å²) in [5.41, 5.74) is 5.33. The van der Waals surface area contributed by atoms with Crippen molar-refractivity contribution in [2.45, 2.75) is 9.79 Å². The van der Waals surface area contributed by atoms with Crippen molar-refractivity contribution in [1.29, 1.82) is 0 Å². The van der Waals surface area contributed by atoms with Crippen LogP contribution in [0.1, 0.15) is 0 Å². The fourth-order valence-electron chi connectivity index (χ4n) is 4.16. The van der Waals surface area contributed by atoms with E-state index in [0.29, 0.717) is 0 Å². The molecule has 0 aliphatic heterocycles. The number of hydrogen-bond donors (Lipinski definition) is 4. The van der Waals surface area contributed by atoms with E-state index in [-0.39, 0.29) is 11.5 Å². The molecule has 0 spiro atoms. The summed E-state index contributed by atoms with van der Waals surface area (Å²) in [6.07, 6.45) is 0. The molecule has 5 heteroatoms. The van der Waals surface area contributed by atoms with Gasteiger partial charge < -0.3 is 20.2 Å². The van der Waals surface area contributed by atoms with Crippen LogP contribution in [0.3, 0.4) is 0 Å². The topological polar surface area (TPSA) is 72.0 Å². The van der Waals surface area contributed by atoms with E-state index in [1.54, 1.807) is 23.9 Å². The Labute approximate surface area is 194 Å². The number of nitrogens with one attached hydrogen (secondary N) is 2. The summed E-state index contributed by atoms with van der Waals surface area (Å²) < 4.78 is 0. The minimum atomic E-state index is 0.232. The Morgan fingerprint density at radius 3 is 1.42 bits per heavy atom. The molecule has 4 N–H and O–H groups in total. The molecular weight excluding hydrogens is 428 g/mol. The van der Waals surface area contributed by atoms with E-state index in [9.17, 15) is 10.2 Å². The predicted octanol–water partition coefficient (Wildman–Crippen LogP) is 7.55. The number of fused-ring (bicyclic) bond motifs is 2. The SMILES string of the molecule is Oc1ccc(Sc2ccc(O)c(-c3cc4ccccc4[nH]3)c2)cc1-c1cc2ccccc2[nH]1. The number of aromatic amines is 2. The maximum Gasteiger partial charge on any atom is 0.124 e. The van der Waals surface area contributed by atoms with Crippen LogP contribution in [0.2, 0.25) is 0 Å². The summed E-state index contributed by atoms with van der Waals surface area (Å²) in [4.78, 5) is 8.77. The number of phenolic OH excluding ortho intramolecular Hbond substituents is 2. The Morgan fingerprint density at radius 1 is 0.515 bits per heavy atom. The van der Waals surface area contributed by atoms with Crippen molar-refractivity contribution in [2.75, 3.05) is 0 Å². The van der Waals surface area contributed by atoms with Crippen molar-refractivity contribution in [3.8, 4) is 34.0 Å². The van der Waals surface area contributed by atoms with E-state index in [1.165, 1.54) is 0 Å². The minimum absolute atomic E-state index is 0.232. The third-order valence-electron chi connectivity index (χ3n) is 5.81. The van der Waals surface area contributed by atoms with Gasteiger partial charge in [0.1, 0.15) is 11.5 Å². The van der Waals surface area contributed by atoms with Gasteiger partial charge in [0.25, 0.3) is 0 Å². The zero-order valence-electron chi connectivity index (χ0n) is 17.5. The smallest absolute Gasteiger partial charge is 0.124 e. The number of H-pyrrole nitrogens is 2. The second kappa shape index (κ2) is 7.80. The van der Waals surface area contributed by atoms with Crippen molar-refractivity contribution in [3.63, 3.8) is 0 Å². The highest BCUT2D eigenvalue weighted by Crippen LogP contribution is 2.39. The van der Waals surface area contributed by atoms with Crippen LogP contribution < -0.4 is 0 Å². The van der Waals surface area contributed by atoms with Gasteiger partial charge in [-0.05, 0) is 60.7 Å². The molecule has 0 fully saturated rings. The molecule has 4 nitrogen and oxygen atoms in total. The van der Waals surface area contributed by atoms with Crippen LogP contribution in [0.5, 0.6) is 11.5 Å². The molecule has 6 rings (SSSR count). The molecule has 0 unspecified atom stereocenters. The monoisotopic (exact) mass is 448 g/mol. The molecule has 0 aliphatic carbocycles. The average molecular weight is 449 g/mol. The van der Waals surface area contributed by atoms with Crippen LogP contribution in [0.15, 0.2) is 107 Å². The van der Waals surface area contributed by atoms with E-state index in [1.807, 2.05) is 84.9 Å². The summed E-state index contributed by atoms with van der Waals surface area (Å²) >= 11 is 1.59. The maximum absolute atomic E-state index is 10.5. The quantitative estimate of drug-likeness (QED) is 0.225. The largest absolute Gasteiger partial charge is 0.507 e. The van der Waals surface area contributed by atoms with Gasteiger partial charge in [-0.3, -0.25) is 0 Å². The van der Waals surface area contributed by atoms with Gasteiger partial charge in [0.2, 0.25) is 0 Å². The molecule has 2 aromatic heterocycles. The minimum Gasteiger partial charge on any atom is -0.507 e. The van der Waals surface area contributed by atoms with E-state index in [4.69, 9.17) is 0 Å². The summed E-state index contributed by atoms with van der Waals surface area (Å²) in [5.74, 6) is 0.464. The molecule has 0 saturated heterocycles. The lowest BCUT2D eigenvalue weighted by atomic mass is 10.1. The molecule has 0 bridgehead atoms. The Kier molecular flexibility index (Phi) is 4.63. The average Bonchev–Trinajstić information content (AvgIpc) is 3.45. The molecule has 0 amide bonds. The zero-order chi connectivity index (χ0) is 22.4. The van der Waals surface area contributed by atoms with Gasteiger partial charge in [0.05, 0.1) is 11.4 Å². The molecule has 0 atom stereocenters. The van der Waals surface area contributed by atoms with Gasteiger partial charge in [-0.15, -0.1) is 0 Å². The van der Waals surface area contributed by atoms with Crippen molar-refractivity contribution < 1.29 is 10.2 Å². The summed E-state index contributed by atoms with van der Waals surface area (Å²) in [7, 11) is 0. The summed E-state index contributed by atoms with van der Waals surface area (Å²) in [5, 5.41) is 23.2. The highest BCUT2D eigenvalue weighted by atomic mass is 32.2. The van der Waals surface area contributed by atoms with E-state index >= 15 is 0 Å². The number of phenols is 2. The lowest BCUT2D eigenvalue weighted by molar-refractivity contribution is 0.476. The van der Waals surface area contributed by atoms with Crippen LogP contribution in [0.25, 0.3) is 44.3 Å². The molecule has 33 heavy (non-hydrogen) atoms. The Morgan fingerprint density at radius 2 is 0.970 bits per heavy atom. The molecule has 2 heterocycles. The summed E-state index contributed by atoms with van der Waals surface area (Å²) in [6.45, 7) is 0. The Bertz CT molecular complexity index is 1440. The van der Waals surface area contributed by atoms with Crippen LogP contribution in [0, 0.1) is 0 Å². The molecule has 160 valence electrons. The zero-order valence-corrected chi connectivity index (χ0v) is 18.4. The molecular formula is C28H20N2O2S. The fraction of sp³-hybridized carbons (Fsp3) is 0. The first-order chi connectivity index (χ1) is 16.1. The van der Waals surface area contributed by atoms with Gasteiger partial charge in [0, 0.05) is 42.7 Å². The molecule has 4 aromatic carbocycles. The van der Waals surface area contributed by atoms with Crippen LogP contribution >= 0.6 is 11.8 Å². The second-order valence-corrected chi connectivity index (χ2v) is 9.15. The summed E-state index contributed by atoms with van der Waals surface area (Å²) in [6, 6.07) is 31.5. The van der Waals surface area contributed by atoms with Gasteiger partial charge in [0.15, 0.2) is 0 Å². The van der Waals surface area contributed by atoms with Crippen molar-refractivity contribution in [3.05, 3.63) is 97.1 Å². The molecule has 0 aliphatic rings. The van der Waals surface area contributed by atoms with Gasteiger partial charge in [-0.1, -0.05) is 48.2 Å². The van der Waals surface area contributed by atoms with Gasteiger partial charge in [-0.2, -0.15) is 0 Å². The van der Waals surface area contributed by atoms with Crippen molar-refractivity contribution in [2.24, 2.45) is 0 Å². The number of aromatic hydroxyl groups is 2. The fourth-order valence-corrected chi connectivity index (χ4v) is 5.06. The standard InChI is InChI=1S/C28H20N2O2S/c31-27-11-9-19(15-21(27)25-13-17-5-1-3-7-23(17)29-25)33-20-10-12-28(32)22(16-20)26-14-18-6-2-4-8-24(18)30-26/h1-16,29-32H. The Balaban J connectivity index is 1.35. The third kappa shape index (κ3) is 3.62. The number of para-hydroxylation sites is 2. The first-order valence-corrected chi connectivity index (χ1v) is 11.5. The van der Waals surface area contributed by atoms with E-state index in [2.05, 4.69) is 9.97 Å². The molecule has 6 aromatic rings. The lowest BCUT2D eigenvalue weighted by Crippen LogP contribution is -1.83. The number of rotatable bonds is 4. The van der Waals surface area contributed by atoms with E-state index < -0.39 is 0 Å². The van der Waals surface area contributed by atoms with E-state index in [0.717, 1.165) is 54.1 Å². The molecule has 0 saturated carbocycles. The normalized spacial score (nSPS) is 11.4. The van der Waals surface area contributed by atoms with Crippen LogP contribution in [-0.4, -0.2) is 20.2 Å². The Hall–Kier alpha value is -4.09. The van der Waals surface area contributed by atoms with Crippen LogP contribution in [0.4, 0.5) is 0 Å². The first-order valence-electron chi connectivity index (χ1n) is 10.6. The van der Waals surface area contributed by atoms with Crippen molar-refractivity contribution in [1.82, 2.24) is 9.97 Å². The number of hydrogen-bond acceptors (Lipinski definition) is 3.